The van der Waals surface area contributed by atoms with Crippen molar-refractivity contribution in [3.05, 3.63) is 47.3 Å². The predicted octanol–water partition coefficient (Wildman–Crippen LogP) is 2.54. The summed E-state index contributed by atoms with van der Waals surface area (Å²) in [5, 5.41) is 12.5. The number of methoxy groups -OCH3 is 1. The number of nitrogens with one attached hydrogen (secondary N) is 3. The van der Waals surface area contributed by atoms with Crippen molar-refractivity contribution in [2.24, 2.45) is 0 Å². The normalized spacial score (nSPS) is 12.0. The Morgan fingerprint density at radius 1 is 1.33 bits per heavy atom. The summed E-state index contributed by atoms with van der Waals surface area (Å²) in [7, 11) is 1.63. The van der Waals surface area contributed by atoms with Gasteiger partial charge in [-0.2, -0.15) is 5.10 Å². The van der Waals surface area contributed by atoms with Crippen molar-refractivity contribution in [2.75, 3.05) is 19.0 Å². The number of hydrogen-bond acceptors (Lipinski definition) is 3. The van der Waals surface area contributed by atoms with E-state index in [0.29, 0.717) is 12.2 Å². The Kier molecular flexibility index (Phi) is 4.94. The molecule has 112 valence electrons. The number of carbonyl (C=O) groups is 1. The molecule has 0 aliphatic rings. The van der Waals surface area contributed by atoms with E-state index in [-0.39, 0.29) is 12.1 Å². The number of ether oxygens (including phenoxy) is 1. The second kappa shape index (κ2) is 6.90. The minimum absolute atomic E-state index is 0.177. The van der Waals surface area contributed by atoms with Crippen molar-refractivity contribution < 1.29 is 9.53 Å². The molecule has 2 aromatic rings. The van der Waals surface area contributed by atoms with E-state index in [1.54, 1.807) is 7.11 Å². The van der Waals surface area contributed by atoms with E-state index in [9.17, 15) is 4.79 Å². The van der Waals surface area contributed by atoms with E-state index in [1.165, 1.54) is 0 Å². The van der Waals surface area contributed by atoms with Gasteiger partial charge in [0, 0.05) is 13.7 Å². The van der Waals surface area contributed by atoms with E-state index in [4.69, 9.17) is 4.74 Å². The van der Waals surface area contributed by atoms with Gasteiger partial charge in [0.25, 0.3) is 0 Å². The van der Waals surface area contributed by atoms with Crippen LogP contribution in [0.2, 0.25) is 0 Å². The van der Waals surface area contributed by atoms with Gasteiger partial charge in [-0.15, -0.1) is 0 Å². The van der Waals surface area contributed by atoms with E-state index < -0.39 is 0 Å². The van der Waals surface area contributed by atoms with Crippen molar-refractivity contribution in [2.45, 2.75) is 20.0 Å². The third kappa shape index (κ3) is 3.82. The quantitative estimate of drug-likeness (QED) is 0.791. The molecule has 2 amide bonds. The van der Waals surface area contributed by atoms with Crippen molar-refractivity contribution in [1.29, 1.82) is 0 Å². The second-order valence-electron chi connectivity index (χ2n) is 4.78. The lowest BCUT2D eigenvalue weighted by Crippen LogP contribution is -2.33. The van der Waals surface area contributed by atoms with Crippen molar-refractivity contribution in [3.8, 4) is 0 Å². The van der Waals surface area contributed by atoms with Gasteiger partial charge in [-0.05, 0) is 19.4 Å². The Morgan fingerprint density at radius 3 is 2.62 bits per heavy atom. The number of H-pyrrole nitrogens is 1. The number of hydrogen-bond donors (Lipinski definition) is 3. The summed E-state index contributed by atoms with van der Waals surface area (Å²) < 4.78 is 5.41. The third-order valence-corrected chi connectivity index (χ3v) is 3.27. The molecule has 6 nitrogen and oxygen atoms in total. The molecule has 0 aliphatic heterocycles. The SMILES string of the molecule is CO[C@H](CNC(=O)Nc1c(C)n[nH]c1C)c1ccccc1. The number of rotatable bonds is 5. The largest absolute Gasteiger partial charge is 0.375 e. The fourth-order valence-corrected chi connectivity index (χ4v) is 2.08. The Morgan fingerprint density at radius 2 is 2.05 bits per heavy atom. The topological polar surface area (TPSA) is 79.0 Å². The fourth-order valence-electron chi connectivity index (χ4n) is 2.08. The van der Waals surface area contributed by atoms with Gasteiger partial charge in [0.05, 0.1) is 23.2 Å². The molecule has 1 atom stereocenters. The van der Waals surface area contributed by atoms with Crippen LogP contribution in [0, 0.1) is 13.8 Å². The lowest BCUT2D eigenvalue weighted by Gasteiger charge is -2.16. The summed E-state index contributed by atoms with van der Waals surface area (Å²) in [5.74, 6) is 0. The molecule has 0 saturated heterocycles. The number of amides is 2. The number of nitrogens with zero attached hydrogens (tertiary/aromatic N) is 1. The number of anilines is 1. The smallest absolute Gasteiger partial charge is 0.319 e. The second-order valence-corrected chi connectivity index (χ2v) is 4.78. The average Bonchev–Trinajstić information content (AvgIpc) is 2.81. The Balaban J connectivity index is 1.91. The number of aromatic nitrogens is 2. The molecule has 2 rings (SSSR count). The first-order valence-electron chi connectivity index (χ1n) is 6.76. The van der Waals surface area contributed by atoms with Gasteiger partial charge in [-0.25, -0.2) is 4.79 Å². The maximum absolute atomic E-state index is 11.9. The highest BCUT2D eigenvalue weighted by atomic mass is 16.5. The van der Waals surface area contributed by atoms with Gasteiger partial charge in [0.15, 0.2) is 0 Å². The van der Waals surface area contributed by atoms with E-state index in [1.807, 2.05) is 44.2 Å². The molecule has 1 aromatic carbocycles. The molecule has 21 heavy (non-hydrogen) atoms. The summed E-state index contributed by atoms with van der Waals surface area (Å²) in [5.41, 5.74) is 3.32. The van der Waals surface area contributed by atoms with Crippen LogP contribution in [0.15, 0.2) is 30.3 Å². The molecule has 1 aromatic heterocycles. The number of urea groups is 1. The lowest BCUT2D eigenvalue weighted by molar-refractivity contribution is 0.104. The van der Waals surface area contributed by atoms with Gasteiger partial charge < -0.3 is 15.4 Å². The van der Waals surface area contributed by atoms with Crippen molar-refractivity contribution in [1.82, 2.24) is 15.5 Å². The number of benzene rings is 1. The van der Waals surface area contributed by atoms with Gasteiger partial charge >= 0.3 is 6.03 Å². The van der Waals surface area contributed by atoms with Gasteiger partial charge in [-0.1, -0.05) is 30.3 Å². The molecule has 0 bridgehead atoms. The molecule has 0 fully saturated rings. The van der Waals surface area contributed by atoms with Crippen LogP contribution in [0.5, 0.6) is 0 Å². The van der Waals surface area contributed by atoms with Gasteiger partial charge in [0.1, 0.15) is 0 Å². The molecule has 1 heterocycles. The predicted molar refractivity (Wildman–Crippen MR) is 81.3 cm³/mol. The number of aromatic amines is 1. The minimum atomic E-state index is -0.277. The Hall–Kier alpha value is -2.34. The van der Waals surface area contributed by atoms with E-state index in [0.717, 1.165) is 17.0 Å². The van der Waals surface area contributed by atoms with Crippen molar-refractivity contribution >= 4 is 11.7 Å². The Bertz CT molecular complexity index is 575. The van der Waals surface area contributed by atoms with E-state index in [2.05, 4.69) is 20.8 Å². The monoisotopic (exact) mass is 288 g/mol. The maximum Gasteiger partial charge on any atom is 0.319 e. The zero-order chi connectivity index (χ0) is 15.2. The summed E-state index contributed by atoms with van der Waals surface area (Å²) in [6, 6.07) is 9.50. The number of aryl methyl sites for hydroxylation is 2. The van der Waals surface area contributed by atoms with Crippen LogP contribution >= 0.6 is 0 Å². The first-order chi connectivity index (χ1) is 10.1. The fraction of sp³-hybridized carbons (Fsp3) is 0.333. The summed E-state index contributed by atoms with van der Waals surface area (Å²) in [4.78, 5) is 11.9. The zero-order valence-corrected chi connectivity index (χ0v) is 12.4. The standard InChI is InChI=1S/C15H20N4O2/c1-10-14(11(2)19-18-10)17-15(20)16-9-13(21-3)12-7-5-4-6-8-12/h4-8,13H,9H2,1-3H3,(H,18,19)(H2,16,17,20)/t13-/m1/s1. The highest BCUT2D eigenvalue weighted by Crippen LogP contribution is 2.17. The summed E-state index contributed by atoms with van der Waals surface area (Å²) in [6.07, 6.45) is -0.177. The molecular formula is C15H20N4O2. The van der Waals surface area contributed by atoms with Crippen molar-refractivity contribution in [3.63, 3.8) is 0 Å². The molecule has 0 unspecified atom stereocenters. The molecule has 0 aliphatic carbocycles. The zero-order valence-electron chi connectivity index (χ0n) is 12.4. The minimum Gasteiger partial charge on any atom is -0.375 e. The highest BCUT2D eigenvalue weighted by molar-refractivity contribution is 5.90. The first kappa shape index (κ1) is 15.1. The third-order valence-electron chi connectivity index (χ3n) is 3.27. The molecule has 3 N–H and O–H groups in total. The first-order valence-corrected chi connectivity index (χ1v) is 6.76. The van der Waals surface area contributed by atoms with Gasteiger partial charge in [-0.3, -0.25) is 5.10 Å². The van der Waals surface area contributed by atoms with Crippen LogP contribution in [-0.2, 0) is 4.74 Å². The average molecular weight is 288 g/mol. The number of carbonyl (C=O) groups excluding carboxylic acids is 1. The molecular weight excluding hydrogens is 268 g/mol. The van der Waals surface area contributed by atoms with Crippen LogP contribution < -0.4 is 10.6 Å². The van der Waals surface area contributed by atoms with Crippen LogP contribution in [0.3, 0.4) is 0 Å². The summed E-state index contributed by atoms with van der Waals surface area (Å²) in [6.45, 7) is 4.08. The molecule has 6 heteroatoms. The summed E-state index contributed by atoms with van der Waals surface area (Å²) >= 11 is 0. The molecule has 0 saturated carbocycles. The van der Waals surface area contributed by atoms with E-state index >= 15 is 0 Å². The van der Waals surface area contributed by atoms with Crippen LogP contribution in [0.25, 0.3) is 0 Å². The molecule has 0 radical (unpaired) electrons. The maximum atomic E-state index is 11.9. The van der Waals surface area contributed by atoms with Gasteiger partial charge in [0.2, 0.25) is 0 Å². The molecule has 0 spiro atoms. The Labute approximate surface area is 123 Å². The van der Waals surface area contributed by atoms with Crippen LogP contribution in [0.4, 0.5) is 10.5 Å². The lowest BCUT2D eigenvalue weighted by atomic mass is 10.1. The van der Waals surface area contributed by atoms with Crippen LogP contribution in [0.1, 0.15) is 23.1 Å². The highest BCUT2D eigenvalue weighted by Gasteiger charge is 2.13. The van der Waals surface area contributed by atoms with Crippen LogP contribution in [-0.4, -0.2) is 29.9 Å².